The minimum absolute atomic E-state index is 0.332. The number of benzene rings is 3. The van der Waals surface area contributed by atoms with Crippen LogP contribution in [0.25, 0.3) is 16.7 Å². The highest BCUT2D eigenvalue weighted by molar-refractivity contribution is 6.04. The number of hydrogen-bond donors (Lipinski definition) is 0. The molecule has 0 saturated carbocycles. The van der Waals surface area contributed by atoms with E-state index >= 15 is 0 Å². The van der Waals surface area contributed by atoms with E-state index in [0.29, 0.717) is 24.8 Å². The lowest BCUT2D eigenvalue weighted by molar-refractivity contribution is -0.0585. The number of aryl methyl sites for hydroxylation is 2. The van der Waals surface area contributed by atoms with Crippen molar-refractivity contribution < 1.29 is 13.2 Å². The van der Waals surface area contributed by atoms with Gasteiger partial charge in [0, 0.05) is 7.05 Å². The fourth-order valence-corrected chi connectivity index (χ4v) is 6.83. The molecule has 0 aliphatic rings. The van der Waals surface area contributed by atoms with Crippen LogP contribution in [0, 0.1) is 25.7 Å². The quantitative estimate of drug-likeness (QED) is 0.0652. The summed E-state index contributed by atoms with van der Waals surface area (Å²) in [7, 11) is 1.24. The van der Waals surface area contributed by atoms with Crippen molar-refractivity contribution in [3.8, 4) is 24.0 Å². The molecule has 0 bridgehead atoms. The van der Waals surface area contributed by atoms with Gasteiger partial charge in [0.1, 0.15) is 5.71 Å². The number of terminal acetylenes is 1. The number of aliphatic imine (C=N–C) groups is 1. The Hall–Kier alpha value is -4.36. The number of hydrogen-bond acceptors (Lipinski definition) is 1. The maximum absolute atomic E-state index is 13.7. The van der Waals surface area contributed by atoms with Gasteiger partial charge in [-0.1, -0.05) is 171 Å². The molecule has 0 radical (unpaired) electrons. The molecule has 3 aromatic rings. The highest BCUT2D eigenvalue weighted by atomic mass is 19.4. The van der Waals surface area contributed by atoms with Gasteiger partial charge >= 0.3 is 6.18 Å². The molecule has 0 spiro atoms. The Bertz CT molecular complexity index is 1620. The van der Waals surface area contributed by atoms with Crippen LogP contribution in [0.3, 0.4) is 0 Å². The summed E-state index contributed by atoms with van der Waals surface area (Å²) >= 11 is 0. The molecule has 314 valence electrons. The summed E-state index contributed by atoms with van der Waals surface area (Å²) in [6.07, 6.45) is 18.3. The minimum Gasteiger partial charge on any atom is -0.284 e. The Morgan fingerprint density at radius 1 is 0.825 bits per heavy atom. The van der Waals surface area contributed by atoms with Crippen LogP contribution in [-0.2, 0) is 19.3 Å². The molecule has 0 saturated heterocycles. The molecule has 0 amide bonds. The second-order valence-corrected chi connectivity index (χ2v) is 13.9. The zero-order valence-electron chi connectivity index (χ0n) is 37.3. The van der Waals surface area contributed by atoms with E-state index in [2.05, 4.69) is 139 Å². The predicted molar refractivity (Wildman–Crippen MR) is 250 cm³/mol. The van der Waals surface area contributed by atoms with E-state index < -0.39 is 11.9 Å². The Labute approximate surface area is 348 Å². The zero-order chi connectivity index (χ0) is 43.8. The molecule has 57 heavy (non-hydrogen) atoms. The standard InChI is InChI=1S/C31H48F3N.C16H16.C2H6.C2H4.C2H2/c1-8-12-17-25(11-4)18-13-16-23(5)29-22-26(14-9-2)19-20-27(29)21-24(6)28(15-10-3)30(35-7)31(32,33)34;1-3-6-14-9-11-15(12-10-14)16-8-5-4-7-13(16)2;3*1-2/h19-20,22,25H,5,8-18,21H2,1-4,6-7H3;3-5,7-12H,1,6H2,2H3;1-2H3;1-2H2;1-2H/b28-24-,35-30?;;;;. The summed E-state index contributed by atoms with van der Waals surface area (Å²) in [5.41, 5.74) is 10.1. The normalized spacial score (nSPS) is 11.7. The van der Waals surface area contributed by atoms with Crippen LogP contribution in [0.2, 0.25) is 0 Å². The van der Waals surface area contributed by atoms with Crippen molar-refractivity contribution in [1.82, 2.24) is 0 Å². The van der Waals surface area contributed by atoms with Crippen molar-refractivity contribution in [1.29, 1.82) is 0 Å². The first kappa shape index (κ1) is 54.7. The highest BCUT2D eigenvalue weighted by Crippen LogP contribution is 2.32. The van der Waals surface area contributed by atoms with Crippen LogP contribution in [-0.4, -0.2) is 18.9 Å². The monoisotopic (exact) mass is 784 g/mol. The summed E-state index contributed by atoms with van der Waals surface area (Å²) in [5.74, 6) is 0.768. The molecule has 1 unspecified atom stereocenters. The number of nitrogens with zero attached hydrogens (tertiary/aromatic N) is 1. The molecule has 3 rings (SSSR count). The van der Waals surface area contributed by atoms with E-state index in [-0.39, 0.29) is 0 Å². The van der Waals surface area contributed by atoms with E-state index in [0.717, 1.165) is 60.3 Å². The molecule has 4 heteroatoms. The van der Waals surface area contributed by atoms with Crippen molar-refractivity contribution in [3.05, 3.63) is 138 Å². The molecule has 0 heterocycles. The van der Waals surface area contributed by atoms with Gasteiger partial charge in [-0.15, -0.1) is 32.6 Å². The summed E-state index contributed by atoms with van der Waals surface area (Å²) < 4.78 is 41.0. The van der Waals surface area contributed by atoms with Gasteiger partial charge < -0.3 is 0 Å². The maximum atomic E-state index is 13.7. The third-order valence-electron chi connectivity index (χ3n) is 9.77. The fourth-order valence-electron chi connectivity index (χ4n) is 6.83. The second kappa shape index (κ2) is 32.7. The van der Waals surface area contributed by atoms with Gasteiger partial charge in [-0.05, 0) is 108 Å². The number of halogens is 3. The van der Waals surface area contributed by atoms with Crippen molar-refractivity contribution in [2.75, 3.05) is 7.05 Å². The lowest BCUT2D eigenvalue weighted by atomic mass is 9.87. The van der Waals surface area contributed by atoms with Gasteiger partial charge in [0.25, 0.3) is 0 Å². The van der Waals surface area contributed by atoms with E-state index in [1.54, 1.807) is 0 Å². The van der Waals surface area contributed by atoms with Gasteiger partial charge in [0.2, 0.25) is 0 Å². The van der Waals surface area contributed by atoms with Gasteiger partial charge in [0.05, 0.1) is 0 Å². The average molecular weight is 784 g/mol. The predicted octanol–water partition coefficient (Wildman–Crippen LogP) is 16.8. The Morgan fingerprint density at radius 2 is 1.42 bits per heavy atom. The average Bonchev–Trinajstić information content (AvgIpc) is 3.22. The van der Waals surface area contributed by atoms with Gasteiger partial charge in [0.15, 0.2) is 0 Å². The smallest absolute Gasteiger partial charge is 0.284 e. The largest absolute Gasteiger partial charge is 0.433 e. The first-order chi connectivity index (χ1) is 27.4. The second-order valence-electron chi connectivity index (χ2n) is 13.9. The maximum Gasteiger partial charge on any atom is 0.433 e. The molecule has 0 fully saturated rings. The molecular weight excluding hydrogens is 708 g/mol. The van der Waals surface area contributed by atoms with Gasteiger partial charge in [-0.3, -0.25) is 4.99 Å². The van der Waals surface area contributed by atoms with Crippen molar-refractivity contribution in [3.63, 3.8) is 0 Å². The Morgan fingerprint density at radius 3 is 1.93 bits per heavy atom. The lowest BCUT2D eigenvalue weighted by Gasteiger charge is -2.20. The first-order valence-electron chi connectivity index (χ1n) is 21.1. The van der Waals surface area contributed by atoms with Crippen LogP contribution in [0.4, 0.5) is 13.2 Å². The van der Waals surface area contributed by atoms with Gasteiger partial charge in [-0.2, -0.15) is 13.2 Å². The van der Waals surface area contributed by atoms with E-state index in [1.807, 2.05) is 33.8 Å². The highest BCUT2D eigenvalue weighted by Gasteiger charge is 2.37. The van der Waals surface area contributed by atoms with Crippen LogP contribution in [0.15, 0.2) is 115 Å². The molecule has 3 aromatic carbocycles. The van der Waals surface area contributed by atoms with E-state index in [4.69, 9.17) is 0 Å². The van der Waals surface area contributed by atoms with E-state index in [1.165, 1.54) is 67.0 Å². The zero-order valence-corrected chi connectivity index (χ0v) is 37.3. The third-order valence-corrected chi connectivity index (χ3v) is 9.77. The number of unbranched alkanes of at least 4 members (excludes halogenated alkanes) is 1. The molecule has 0 N–H and O–H groups in total. The Kier molecular flexibility index (Phi) is 31.4. The van der Waals surface area contributed by atoms with Crippen molar-refractivity contribution >= 4 is 11.3 Å². The summed E-state index contributed by atoms with van der Waals surface area (Å²) in [6, 6.07) is 23.6. The van der Waals surface area contributed by atoms with Crippen molar-refractivity contribution in [2.45, 2.75) is 145 Å². The molecule has 0 aliphatic carbocycles. The van der Waals surface area contributed by atoms with Crippen LogP contribution in [0.5, 0.6) is 0 Å². The fraction of sp³-hybridized carbons (Fsp3) is 0.453. The SMILES string of the molecule is C#C.C=C.C=C(CCCC(CC)CCCC)c1cc(CCC)ccc1C/C(C)=C(/CCC)C(=NC)C(F)(F)F.C=CCc1ccc(-c2ccccc2C)cc1.CC. The Balaban J connectivity index is 0. The summed E-state index contributed by atoms with van der Waals surface area (Å²) in [6.45, 7) is 30.7. The topological polar surface area (TPSA) is 12.4 Å². The first-order valence-corrected chi connectivity index (χ1v) is 21.1. The van der Waals surface area contributed by atoms with Crippen molar-refractivity contribution in [2.24, 2.45) is 10.9 Å². The third kappa shape index (κ3) is 20.6. The minimum atomic E-state index is -4.44. The van der Waals surface area contributed by atoms with Gasteiger partial charge in [-0.25, -0.2) is 0 Å². The summed E-state index contributed by atoms with van der Waals surface area (Å²) in [5, 5.41) is 0. The number of allylic oxidation sites excluding steroid dienone is 4. The lowest BCUT2D eigenvalue weighted by Crippen LogP contribution is -2.26. The molecule has 1 nitrogen and oxygen atoms in total. The molecule has 0 aromatic heterocycles. The van der Waals surface area contributed by atoms with Crippen LogP contribution in [0.1, 0.15) is 140 Å². The summed E-state index contributed by atoms with van der Waals surface area (Å²) in [4.78, 5) is 3.64. The number of rotatable bonds is 19. The number of alkyl halides is 3. The van der Waals surface area contributed by atoms with Crippen LogP contribution >= 0.6 is 0 Å². The molecule has 1 atom stereocenters. The molecular formula is C53H76F3N. The van der Waals surface area contributed by atoms with E-state index in [9.17, 15) is 13.2 Å². The molecule has 0 aliphatic heterocycles. The van der Waals surface area contributed by atoms with Crippen LogP contribution < -0.4 is 0 Å².